The molecule has 7 nitrogen and oxygen atoms in total. The van der Waals surface area contributed by atoms with E-state index >= 15 is 0 Å². The third-order valence-corrected chi connectivity index (χ3v) is 6.12. The number of aryl methyl sites for hydroxylation is 1. The van der Waals surface area contributed by atoms with Crippen LogP contribution in [0.4, 0.5) is 5.69 Å². The summed E-state index contributed by atoms with van der Waals surface area (Å²) in [6, 6.07) is 16.6. The van der Waals surface area contributed by atoms with Gasteiger partial charge in [0.25, 0.3) is 11.5 Å². The Morgan fingerprint density at radius 3 is 2.60 bits per heavy atom. The second-order valence-corrected chi connectivity index (χ2v) is 7.74. The van der Waals surface area contributed by atoms with Crippen molar-refractivity contribution in [2.24, 2.45) is 0 Å². The summed E-state index contributed by atoms with van der Waals surface area (Å²) in [6.07, 6.45) is 1.78. The molecule has 1 spiro atoms. The molecule has 0 radical (unpaired) electrons. The van der Waals surface area contributed by atoms with E-state index in [-0.39, 0.29) is 11.5 Å². The minimum Gasteiger partial charge on any atom is -0.330 e. The summed E-state index contributed by atoms with van der Waals surface area (Å²) in [5.74, 6) is -0.103. The summed E-state index contributed by atoms with van der Waals surface area (Å²) in [7, 11) is 0. The van der Waals surface area contributed by atoms with Crippen molar-refractivity contribution >= 4 is 17.5 Å². The first-order valence-electron chi connectivity index (χ1n) is 9.85. The lowest BCUT2D eigenvalue weighted by Gasteiger charge is -2.34. The number of likely N-dealkylation sites (tertiary alicyclic amines) is 1. The van der Waals surface area contributed by atoms with Gasteiger partial charge < -0.3 is 15.2 Å². The molecule has 2 aromatic carbocycles. The van der Waals surface area contributed by atoms with Crippen molar-refractivity contribution in [1.82, 2.24) is 14.9 Å². The van der Waals surface area contributed by atoms with Crippen molar-refractivity contribution in [2.75, 3.05) is 11.9 Å². The number of benzene rings is 2. The first-order chi connectivity index (χ1) is 14.5. The van der Waals surface area contributed by atoms with E-state index in [2.05, 4.69) is 15.3 Å². The van der Waals surface area contributed by atoms with Gasteiger partial charge in [-0.1, -0.05) is 48.5 Å². The molecule has 1 saturated heterocycles. The summed E-state index contributed by atoms with van der Waals surface area (Å²) < 4.78 is 0. The number of rotatable bonds is 2. The lowest BCUT2D eigenvalue weighted by Crippen LogP contribution is -2.43. The number of amides is 2. The smallest absolute Gasteiger partial charge is 0.263 e. The zero-order valence-corrected chi connectivity index (χ0v) is 16.4. The van der Waals surface area contributed by atoms with Crippen LogP contribution in [0.15, 0.2) is 65.6 Å². The first-order valence-corrected chi connectivity index (χ1v) is 9.85. The van der Waals surface area contributed by atoms with Crippen LogP contribution < -0.4 is 10.9 Å². The van der Waals surface area contributed by atoms with Gasteiger partial charge in [-0.3, -0.25) is 14.4 Å². The number of aromatic amines is 1. The van der Waals surface area contributed by atoms with Crippen LogP contribution >= 0.6 is 0 Å². The van der Waals surface area contributed by atoms with E-state index in [9.17, 15) is 14.4 Å². The molecule has 1 fully saturated rings. The highest BCUT2D eigenvalue weighted by molar-refractivity contribution is 6.08. The third kappa shape index (κ3) is 2.51. The maximum atomic E-state index is 13.5. The predicted octanol–water partition coefficient (Wildman–Crippen LogP) is 2.56. The Bertz CT molecular complexity index is 1220. The van der Waals surface area contributed by atoms with Crippen molar-refractivity contribution in [3.05, 3.63) is 93.7 Å². The monoisotopic (exact) mass is 400 g/mol. The number of anilines is 1. The standard InChI is InChI=1S/C23H20N4O3/c1-14-24-13-16(20(28)25-14)21(29)27-12-11-23(19(27)15-7-3-2-4-8-15)17-9-5-6-10-18(17)26-22(23)30/h2-10,13,19H,11-12H2,1H3,(H,26,30)(H,24,25,28)/t19-,23+/m0/s1. The predicted molar refractivity (Wildman–Crippen MR) is 111 cm³/mol. The largest absolute Gasteiger partial charge is 0.330 e. The molecule has 150 valence electrons. The molecule has 1 aromatic heterocycles. The third-order valence-electron chi connectivity index (χ3n) is 6.12. The Morgan fingerprint density at radius 1 is 1.10 bits per heavy atom. The molecule has 0 bridgehead atoms. The van der Waals surface area contributed by atoms with Gasteiger partial charge in [-0.25, -0.2) is 4.98 Å². The van der Waals surface area contributed by atoms with Crippen LogP contribution in [0.1, 0.15) is 39.8 Å². The van der Waals surface area contributed by atoms with E-state index in [4.69, 9.17) is 0 Å². The van der Waals surface area contributed by atoms with Gasteiger partial charge in [0.15, 0.2) is 0 Å². The van der Waals surface area contributed by atoms with Gasteiger partial charge in [-0.2, -0.15) is 0 Å². The molecule has 2 N–H and O–H groups in total. The highest BCUT2D eigenvalue weighted by Crippen LogP contribution is 2.54. The number of para-hydroxylation sites is 1. The summed E-state index contributed by atoms with van der Waals surface area (Å²) in [6.45, 7) is 2.01. The fourth-order valence-corrected chi connectivity index (χ4v) is 4.80. The summed E-state index contributed by atoms with van der Waals surface area (Å²) in [4.78, 5) is 47.5. The molecule has 7 heteroatoms. The SMILES string of the molecule is Cc1ncc(C(=O)N2CC[C@]3(C(=O)Nc4ccccc43)[C@@H]2c2ccccc2)c(=O)[nH]1. The van der Waals surface area contributed by atoms with Gasteiger partial charge in [0, 0.05) is 18.4 Å². The average molecular weight is 400 g/mol. The Morgan fingerprint density at radius 2 is 1.83 bits per heavy atom. The molecule has 3 aromatic rings. The molecule has 2 atom stereocenters. The highest BCUT2D eigenvalue weighted by atomic mass is 16.2. The number of carbonyl (C=O) groups is 2. The van der Waals surface area contributed by atoms with Crippen molar-refractivity contribution in [1.29, 1.82) is 0 Å². The van der Waals surface area contributed by atoms with E-state index in [1.165, 1.54) is 6.20 Å². The number of fused-ring (bicyclic) bond motifs is 2. The zero-order chi connectivity index (χ0) is 20.9. The van der Waals surface area contributed by atoms with Gasteiger partial charge in [0.2, 0.25) is 5.91 Å². The molecule has 5 rings (SSSR count). The molecule has 30 heavy (non-hydrogen) atoms. The van der Waals surface area contributed by atoms with Crippen LogP contribution in [-0.4, -0.2) is 33.2 Å². The molecular formula is C23H20N4O3. The lowest BCUT2D eigenvalue weighted by atomic mass is 9.72. The minimum atomic E-state index is -0.904. The second-order valence-electron chi connectivity index (χ2n) is 7.74. The van der Waals surface area contributed by atoms with Gasteiger partial charge in [-0.15, -0.1) is 0 Å². The van der Waals surface area contributed by atoms with Crippen molar-refractivity contribution in [3.8, 4) is 0 Å². The normalized spacial score (nSPS) is 22.2. The molecule has 3 heterocycles. The van der Waals surface area contributed by atoms with Crippen molar-refractivity contribution in [3.63, 3.8) is 0 Å². The lowest BCUT2D eigenvalue weighted by molar-refractivity contribution is -0.121. The summed E-state index contributed by atoms with van der Waals surface area (Å²) in [5, 5.41) is 2.99. The first kappa shape index (κ1) is 18.3. The van der Waals surface area contributed by atoms with Crippen LogP contribution in [-0.2, 0) is 10.2 Å². The van der Waals surface area contributed by atoms with Gasteiger partial charge >= 0.3 is 0 Å². The zero-order valence-electron chi connectivity index (χ0n) is 16.4. The van der Waals surface area contributed by atoms with Crippen molar-refractivity contribution < 1.29 is 9.59 Å². The topological polar surface area (TPSA) is 95.2 Å². The molecule has 0 aliphatic carbocycles. The number of carbonyl (C=O) groups excluding carboxylic acids is 2. The number of H-pyrrole nitrogens is 1. The fraction of sp³-hybridized carbons (Fsp3) is 0.217. The van der Waals surface area contributed by atoms with E-state index in [1.807, 2.05) is 54.6 Å². The molecule has 2 aliphatic rings. The Balaban J connectivity index is 1.68. The minimum absolute atomic E-state index is 0.0229. The van der Waals surface area contributed by atoms with E-state index in [1.54, 1.807) is 11.8 Å². The summed E-state index contributed by atoms with van der Waals surface area (Å²) >= 11 is 0. The quantitative estimate of drug-likeness (QED) is 0.691. The van der Waals surface area contributed by atoms with Crippen LogP contribution in [0.2, 0.25) is 0 Å². The average Bonchev–Trinajstić information content (AvgIpc) is 3.28. The van der Waals surface area contributed by atoms with E-state index in [0.717, 1.165) is 16.8 Å². The van der Waals surface area contributed by atoms with Crippen molar-refractivity contribution in [2.45, 2.75) is 24.8 Å². The molecule has 0 saturated carbocycles. The van der Waals surface area contributed by atoms with Crippen LogP contribution in [0.25, 0.3) is 0 Å². The van der Waals surface area contributed by atoms with Crippen LogP contribution in [0, 0.1) is 6.92 Å². The van der Waals surface area contributed by atoms with Gasteiger partial charge in [0.05, 0.1) is 6.04 Å². The van der Waals surface area contributed by atoms with E-state index < -0.39 is 22.9 Å². The Kier molecular flexibility index (Phi) is 4.06. The second kappa shape index (κ2) is 6.66. The Hall–Kier alpha value is -3.74. The number of hydrogen-bond donors (Lipinski definition) is 2. The van der Waals surface area contributed by atoms with Gasteiger partial charge in [0.1, 0.15) is 16.8 Å². The maximum Gasteiger partial charge on any atom is 0.263 e. The molecule has 2 amide bonds. The molecule has 0 unspecified atom stereocenters. The van der Waals surface area contributed by atoms with Gasteiger partial charge in [-0.05, 0) is 30.5 Å². The Labute approximate surface area is 172 Å². The number of hydrogen-bond acceptors (Lipinski definition) is 4. The summed E-state index contributed by atoms with van der Waals surface area (Å²) in [5.41, 5.74) is 1.11. The van der Waals surface area contributed by atoms with E-state index in [0.29, 0.717) is 18.8 Å². The van der Waals surface area contributed by atoms with Crippen LogP contribution in [0.5, 0.6) is 0 Å². The molecule has 2 aliphatic heterocycles. The number of nitrogens with one attached hydrogen (secondary N) is 2. The number of nitrogens with zero attached hydrogens (tertiary/aromatic N) is 2. The fourth-order valence-electron chi connectivity index (χ4n) is 4.80. The molecular weight excluding hydrogens is 380 g/mol. The number of aromatic nitrogens is 2. The maximum absolute atomic E-state index is 13.5. The highest BCUT2D eigenvalue weighted by Gasteiger charge is 2.59. The van der Waals surface area contributed by atoms with Crippen LogP contribution in [0.3, 0.4) is 0 Å².